The summed E-state index contributed by atoms with van der Waals surface area (Å²) in [4.78, 5) is 15.2. The molecule has 0 heterocycles. The van der Waals surface area contributed by atoms with Crippen molar-refractivity contribution >= 4 is 11.5 Å². The molecule has 0 aliphatic heterocycles. The van der Waals surface area contributed by atoms with Crippen molar-refractivity contribution in [2.75, 3.05) is 7.05 Å². The molecule has 1 fully saturated rings. The molecule has 2 heteroatoms. The summed E-state index contributed by atoms with van der Waals surface area (Å²) >= 11 is 0. The van der Waals surface area contributed by atoms with E-state index in [0.717, 1.165) is 25.0 Å². The van der Waals surface area contributed by atoms with Crippen LogP contribution in [0.2, 0.25) is 0 Å². The van der Waals surface area contributed by atoms with Crippen LogP contribution < -0.4 is 0 Å². The lowest BCUT2D eigenvalue weighted by molar-refractivity contribution is -0.121. The second-order valence-electron chi connectivity index (χ2n) is 2.76. The molecule has 0 aromatic rings. The highest BCUT2D eigenvalue weighted by atomic mass is 16.1. The van der Waals surface area contributed by atoms with Gasteiger partial charge in [-0.2, -0.15) is 0 Å². The molecule has 1 saturated carbocycles. The Morgan fingerprint density at radius 3 is 2.70 bits per heavy atom. The topological polar surface area (TPSA) is 29.4 Å². The molecule has 0 spiro atoms. The van der Waals surface area contributed by atoms with Crippen molar-refractivity contribution in [1.29, 1.82) is 0 Å². The van der Waals surface area contributed by atoms with Gasteiger partial charge < -0.3 is 0 Å². The maximum Gasteiger partial charge on any atom is 0.141 e. The Morgan fingerprint density at radius 1 is 1.50 bits per heavy atom. The fourth-order valence-corrected chi connectivity index (χ4v) is 1.37. The molecule has 10 heavy (non-hydrogen) atoms. The number of hydrogen-bond donors (Lipinski definition) is 0. The molecule has 56 valence electrons. The van der Waals surface area contributed by atoms with Gasteiger partial charge in [-0.1, -0.05) is 6.92 Å². The fourth-order valence-electron chi connectivity index (χ4n) is 1.37. The number of rotatable bonds is 0. The predicted octanol–water partition coefficient (Wildman–Crippen LogP) is 1.45. The summed E-state index contributed by atoms with van der Waals surface area (Å²) in [5.41, 5.74) is 1.08. The lowest BCUT2D eigenvalue weighted by Crippen LogP contribution is -2.25. The number of nitrogens with zero attached hydrogens (tertiary/aromatic N) is 1. The minimum Gasteiger partial charge on any atom is -0.299 e. The van der Waals surface area contributed by atoms with Gasteiger partial charge in [0.15, 0.2) is 0 Å². The molecule has 1 aliphatic rings. The first-order valence-electron chi connectivity index (χ1n) is 3.74. The molecule has 0 aromatic heterocycles. The molecule has 0 saturated heterocycles. The maximum atomic E-state index is 11.1. The minimum absolute atomic E-state index is 0.0961. The molecule has 1 rings (SSSR count). The first-order chi connectivity index (χ1) is 4.75. The number of ketones is 1. The first-order valence-corrected chi connectivity index (χ1v) is 3.74. The number of carbonyl (C=O) groups excluding carboxylic acids is 1. The molecular weight excluding hydrogens is 126 g/mol. The van der Waals surface area contributed by atoms with Crippen molar-refractivity contribution in [1.82, 2.24) is 0 Å². The fraction of sp³-hybridized carbons (Fsp3) is 0.750. The summed E-state index contributed by atoms with van der Waals surface area (Å²) in [7, 11) is 1.77. The monoisotopic (exact) mass is 139 g/mol. The van der Waals surface area contributed by atoms with E-state index in [-0.39, 0.29) is 5.92 Å². The Balaban J connectivity index is 2.69. The molecule has 0 aromatic carbocycles. The molecule has 0 amide bonds. The van der Waals surface area contributed by atoms with Crippen LogP contribution in [-0.4, -0.2) is 18.5 Å². The second-order valence-corrected chi connectivity index (χ2v) is 2.76. The number of Topliss-reactive ketones (excluding diaryl/α,β-unsaturated/α-hetero) is 1. The molecule has 0 radical (unpaired) electrons. The number of aliphatic imine (C=N–C) groups is 1. The van der Waals surface area contributed by atoms with Crippen molar-refractivity contribution in [2.45, 2.75) is 26.2 Å². The standard InChI is InChI=1S/C8H13NO/c1-6-7(9-2)4-3-5-8(6)10/h6H,3-5H2,1-2H3. The highest BCUT2D eigenvalue weighted by Gasteiger charge is 2.22. The first kappa shape index (κ1) is 7.45. The summed E-state index contributed by atoms with van der Waals surface area (Å²) in [5.74, 6) is 0.450. The van der Waals surface area contributed by atoms with E-state index in [1.807, 2.05) is 6.92 Å². The molecule has 1 aliphatic carbocycles. The summed E-state index contributed by atoms with van der Waals surface area (Å²) < 4.78 is 0. The molecular formula is C8H13NO. The molecule has 1 atom stereocenters. The number of hydrogen-bond acceptors (Lipinski definition) is 2. The summed E-state index contributed by atoms with van der Waals surface area (Å²) in [6.45, 7) is 1.95. The van der Waals surface area contributed by atoms with Gasteiger partial charge in [-0.15, -0.1) is 0 Å². The number of carbonyl (C=O) groups is 1. The van der Waals surface area contributed by atoms with E-state index in [1.54, 1.807) is 7.05 Å². The Labute approximate surface area is 61.3 Å². The minimum atomic E-state index is 0.0961. The van der Waals surface area contributed by atoms with Crippen molar-refractivity contribution < 1.29 is 4.79 Å². The van der Waals surface area contributed by atoms with Gasteiger partial charge in [-0.25, -0.2) is 0 Å². The van der Waals surface area contributed by atoms with E-state index in [4.69, 9.17) is 0 Å². The Bertz CT molecular complexity index is 172. The second kappa shape index (κ2) is 2.95. The van der Waals surface area contributed by atoms with Gasteiger partial charge in [0.05, 0.1) is 5.92 Å². The zero-order valence-electron chi connectivity index (χ0n) is 6.55. The van der Waals surface area contributed by atoms with Crippen molar-refractivity contribution in [2.24, 2.45) is 10.9 Å². The third-order valence-corrected chi connectivity index (χ3v) is 2.13. The third-order valence-electron chi connectivity index (χ3n) is 2.13. The lowest BCUT2D eigenvalue weighted by atomic mass is 9.87. The van der Waals surface area contributed by atoms with Gasteiger partial charge >= 0.3 is 0 Å². The molecule has 1 unspecified atom stereocenters. The van der Waals surface area contributed by atoms with Crippen LogP contribution in [0.3, 0.4) is 0 Å². The maximum absolute atomic E-state index is 11.1. The summed E-state index contributed by atoms with van der Waals surface area (Å²) in [6, 6.07) is 0. The van der Waals surface area contributed by atoms with E-state index < -0.39 is 0 Å². The zero-order chi connectivity index (χ0) is 7.56. The van der Waals surface area contributed by atoms with Gasteiger partial charge in [0.1, 0.15) is 5.78 Å². The quantitative estimate of drug-likeness (QED) is 0.499. The van der Waals surface area contributed by atoms with Crippen LogP contribution in [0.15, 0.2) is 4.99 Å². The van der Waals surface area contributed by atoms with Crippen LogP contribution in [0.5, 0.6) is 0 Å². The summed E-state index contributed by atoms with van der Waals surface area (Å²) in [5, 5.41) is 0. The van der Waals surface area contributed by atoms with Gasteiger partial charge in [-0.05, 0) is 12.8 Å². The van der Waals surface area contributed by atoms with E-state index >= 15 is 0 Å². The van der Waals surface area contributed by atoms with Gasteiger partial charge in [0, 0.05) is 19.2 Å². The van der Waals surface area contributed by atoms with Crippen LogP contribution in [-0.2, 0) is 4.79 Å². The van der Waals surface area contributed by atoms with Crippen LogP contribution in [0.1, 0.15) is 26.2 Å². The normalized spacial score (nSPS) is 31.2. The smallest absolute Gasteiger partial charge is 0.141 e. The zero-order valence-corrected chi connectivity index (χ0v) is 6.55. The van der Waals surface area contributed by atoms with Gasteiger partial charge in [0.2, 0.25) is 0 Å². The van der Waals surface area contributed by atoms with Crippen LogP contribution >= 0.6 is 0 Å². The Hall–Kier alpha value is -0.660. The molecule has 0 N–H and O–H groups in total. The van der Waals surface area contributed by atoms with Gasteiger partial charge in [0.25, 0.3) is 0 Å². The largest absolute Gasteiger partial charge is 0.299 e. The van der Waals surface area contributed by atoms with E-state index in [9.17, 15) is 4.79 Å². The third kappa shape index (κ3) is 1.25. The van der Waals surface area contributed by atoms with Crippen molar-refractivity contribution in [3.8, 4) is 0 Å². The summed E-state index contributed by atoms with van der Waals surface area (Å²) in [6.07, 6.45) is 2.76. The lowest BCUT2D eigenvalue weighted by Gasteiger charge is -2.18. The van der Waals surface area contributed by atoms with Crippen LogP contribution in [0, 0.1) is 5.92 Å². The van der Waals surface area contributed by atoms with E-state index in [2.05, 4.69) is 4.99 Å². The van der Waals surface area contributed by atoms with E-state index in [0.29, 0.717) is 5.78 Å². The molecule has 0 bridgehead atoms. The Kier molecular flexibility index (Phi) is 2.20. The van der Waals surface area contributed by atoms with Crippen LogP contribution in [0.25, 0.3) is 0 Å². The average Bonchev–Trinajstić information content (AvgIpc) is 1.95. The highest BCUT2D eigenvalue weighted by Crippen LogP contribution is 2.17. The highest BCUT2D eigenvalue weighted by molar-refractivity contribution is 6.06. The SMILES string of the molecule is CN=C1CCCC(=O)C1C. The van der Waals surface area contributed by atoms with E-state index in [1.165, 1.54) is 0 Å². The average molecular weight is 139 g/mol. The van der Waals surface area contributed by atoms with Gasteiger partial charge in [-0.3, -0.25) is 9.79 Å². The van der Waals surface area contributed by atoms with Crippen molar-refractivity contribution in [3.63, 3.8) is 0 Å². The Morgan fingerprint density at radius 2 is 2.20 bits per heavy atom. The van der Waals surface area contributed by atoms with Crippen molar-refractivity contribution in [3.05, 3.63) is 0 Å². The predicted molar refractivity (Wildman–Crippen MR) is 41.4 cm³/mol. The molecule has 2 nitrogen and oxygen atoms in total. The van der Waals surface area contributed by atoms with Crippen LogP contribution in [0.4, 0.5) is 0 Å².